The molecule has 4 saturated carbocycles. The lowest BCUT2D eigenvalue weighted by molar-refractivity contribution is -0.485. The molecular weight excluding hydrogens is 764 g/mol. The Kier molecular flexibility index (Phi) is 8.03. The highest BCUT2D eigenvalue weighted by atomic mass is 16.9. The van der Waals surface area contributed by atoms with Crippen molar-refractivity contribution in [3.05, 3.63) is 24.2 Å². The third-order valence-electron chi connectivity index (χ3n) is 15.7. The SMILES string of the molecule is CCC(=O)OC1C23OC4(C)OC2(CCC(C)(C(OC(C)=O)c2ccoc2)C3CC(=O)OC)C23COC(=O)CC2C2(C)CC3(O4)C1(OC(C)=O)C2OC(=O)C1(C)OC1C. The smallest absolute Gasteiger partial charge is 0.341 e. The van der Waals surface area contributed by atoms with Crippen LogP contribution in [0.25, 0.3) is 0 Å². The summed E-state index contributed by atoms with van der Waals surface area (Å²) in [5.74, 6) is -8.08. The highest BCUT2D eigenvalue weighted by molar-refractivity contribution is 5.84. The zero-order chi connectivity index (χ0) is 41.9. The van der Waals surface area contributed by atoms with Crippen LogP contribution >= 0.6 is 0 Å². The number of rotatable bonds is 10. The van der Waals surface area contributed by atoms with Gasteiger partial charge in [-0.3, -0.25) is 24.0 Å². The molecular formula is C41H50O17. The fraction of sp³-hybridized carbons (Fsp3) is 0.756. The second kappa shape index (κ2) is 11.8. The number of epoxide rings is 1. The van der Waals surface area contributed by atoms with Crippen molar-refractivity contribution in [1.29, 1.82) is 0 Å². The van der Waals surface area contributed by atoms with Crippen molar-refractivity contribution in [3.8, 4) is 0 Å². The van der Waals surface area contributed by atoms with Crippen molar-refractivity contribution >= 4 is 35.8 Å². The summed E-state index contributed by atoms with van der Waals surface area (Å²) in [6.07, 6.45) is -2.34. The van der Waals surface area contributed by atoms with Gasteiger partial charge in [-0.2, -0.15) is 0 Å². The first-order valence-electron chi connectivity index (χ1n) is 20.0. The Morgan fingerprint density at radius 1 is 0.931 bits per heavy atom. The Morgan fingerprint density at radius 2 is 1.64 bits per heavy atom. The second-order valence-electron chi connectivity index (χ2n) is 18.3. The van der Waals surface area contributed by atoms with Crippen molar-refractivity contribution < 1.29 is 80.6 Å². The van der Waals surface area contributed by atoms with E-state index in [2.05, 4.69) is 0 Å². The molecule has 0 amide bonds. The zero-order valence-electron chi connectivity index (χ0n) is 34.1. The molecule has 4 bridgehead atoms. The number of hydrogen-bond donors (Lipinski definition) is 0. The normalized spacial score (nSPS) is 48.8. The first-order chi connectivity index (χ1) is 27.2. The molecule has 9 rings (SSSR count). The van der Waals surface area contributed by atoms with E-state index in [-0.39, 0.29) is 38.7 Å². The molecule has 4 saturated heterocycles. The van der Waals surface area contributed by atoms with Crippen LogP contribution in [0.4, 0.5) is 0 Å². The number of methoxy groups -OCH3 is 1. The number of cyclic esters (lactones) is 1. The van der Waals surface area contributed by atoms with Gasteiger partial charge in [0.2, 0.25) is 5.60 Å². The maximum absolute atomic E-state index is 14.4. The van der Waals surface area contributed by atoms with E-state index in [1.165, 1.54) is 33.5 Å². The highest BCUT2D eigenvalue weighted by Crippen LogP contribution is 2.90. The largest absolute Gasteiger partial charge is 0.472 e. The Morgan fingerprint density at radius 3 is 2.24 bits per heavy atom. The quantitative estimate of drug-likeness (QED) is 0.188. The molecule has 4 aliphatic carbocycles. The van der Waals surface area contributed by atoms with Gasteiger partial charge in [0, 0.05) is 55.9 Å². The molecule has 8 fully saturated rings. The van der Waals surface area contributed by atoms with Gasteiger partial charge >= 0.3 is 35.8 Å². The summed E-state index contributed by atoms with van der Waals surface area (Å²) in [6.45, 7) is 12.3. The molecule has 0 radical (unpaired) electrons. The van der Waals surface area contributed by atoms with E-state index in [0.29, 0.717) is 5.56 Å². The third-order valence-corrected chi connectivity index (χ3v) is 15.7. The lowest BCUT2D eigenvalue weighted by Gasteiger charge is -2.77. The van der Waals surface area contributed by atoms with E-state index in [1.807, 2.05) is 13.8 Å². The third kappa shape index (κ3) is 4.26. The summed E-state index contributed by atoms with van der Waals surface area (Å²) >= 11 is 0. The predicted octanol–water partition coefficient (Wildman–Crippen LogP) is 3.53. The van der Waals surface area contributed by atoms with Crippen LogP contribution in [-0.2, 0) is 76.1 Å². The number of furan rings is 1. The minimum absolute atomic E-state index is 0.0317. The summed E-state index contributed by atoms with van der Waals surface area (Å²) in [4.78, 5) is 83.1. The van der Waals surface area contributed by atoms with Gasteiger partial charge in [-0.05, 0) is 45.1 Å². The van der Waals surface area contributed by atoms with E-state index < -0.39 is 129 Å². The lowest BCUT2D eigenvalue weighted by Crippen LogP contribution is -2.95. The van der Waals surface area contributed by atoms with Crippen molar-refractivity contribution in [2.24, 2.45) is 28.1 Å². The molecule has 58 heavy (non-hydrogen) atoms. The van der Waals surface area contributed by atoms with Crippen LogP contribution in [0, 0.1) is 28.1 Å². The van der Waals surface area contributed by atoms with Gasteiger partial charge in [0.25, 0.3) is 5.97 Å². The summed E-state index contributed by atoms with van der Waals surface area (Å²) in [5.41, 5.74) is -12.5. The molecule has 17 nitrogen and oxygen atoms in total. The van der Waals surface area contributed by atoms with Gasteiger partial charge in [-0.1, -0.05) is 20.8 Å². The Labute approximate surface area is 334 Å². The molecule has 15 atom stereocenters. The summed E-state index contributed by atoms with van der Waals surface area (Å²) in [5, 5.41) is 0. The minimum Gasteiger partial charge on any atom is -0.472 e. The maximum atomic E-state index is 14.4. The number of ether oxygens (including phenoxy) is 10. The van der Waals surface area contributed by atoms with Crippen molar-refractivity contribution in [3.63, 3.8) is 0 Å². The standard InChI is InChI=1S/C41H50O17/c1-10-26(44)52-31-40-25(16-27(45)48-9)33(5,29(51-21(3)42)23-11-14-49-17-23)12-13-38(40)37-19-50-28(46)15-24(37)34(6)18-39(37,57-36(8,56-38)58-40)41(31,55-22(4)43)30(34)53-32(47)35(7)20(2)54-35/h11,14,17,20,24-25,29-31H,10,12-13,15-16,18-19H2,1-9H3. The van der Waals surface area contributed by atoms with Crippen molar-refractivity contribution in [2.75, 3.05) is 13.7 Å². The fourth-order valence-electron chi connectivity index (χ4n) is 13.7. The van der Waals surface area contributed by atoms with E-state index in [0.717, 1.165) is 0 Å². The van der Waals surface area contributed by atoms with Crippen LogP contribution < -0.4 is 0 Å². The predicted molar refractivity (Wildman–Crippen MR) is 188 cm³/mol. The molecule has 1 aromatic heterocycles. The number of carbonyl (C=O) groups excluding carboxylic acids is 6. The minimum atomic E-state index is -2.23. The molecule has 0 N–H and O–H groups in total. The van der Waals surface area contributed by atoms with Crippen LogP contribution in [0.1, 0.15) is 106 Å². The molecule has 1 aromatic rings. The molecule has 8 aliphatic rings. The van der Waals surface area contributed by atoms with Crippen molar-refractivity contribution in [2.45, 2.75) is 152 Å². The van der Waals surface area contributed by atoms with Crippen LogP contribution in [0.15, 0.2) is 23.0 Å². The molecule has 17 heteroatoms. The second-order valence-corrected chi connectivity index (χ2v) is 18.3. The van der Waals surface area contributed by atoms with Gasteiger partial charge in [-0.15, -0.1) is 0 Å². The number of fused-ring (bicyclic) bond motifs is 3. The van der Waals surface area contributed by atoms with Crippen LogP contribution in [0.2, 0.25) is 0 Å². The van der Waals surface area contributed by atoms with E-state index >= 15 is 0 Å². The van der Waals surface area contributed by atoms with Gasteiger partial charge in [0.1, 0.15) is 29.5 Å². The zero-order valence-corrected chi connectivity index (χ0v) is 34.1. The first kappa shape index (κ1) is 39.4. The number of hydrogen-bond acceptors (Lipinski definition) is 17. The number of esters is 6. The summed E-state index contributed by atoms with van der Waals surface area (Å²) < 4.78 is 70.6. The molecule has 15 unspecified atom stereocenters. The molecule has 3 spiro atoms. The van der Waals surface area contributed by atoms with Gasteiger partial charge < -0.3 is 51.8 Å². The molecule has 4 aliphatic heterocycles. The van der Waals surface area contributed by atoms with Gasteiger partial charge in [0.15, 0.2) is 17.8 Å². The Balaban J connectivity index is 1.40. The first-order valence-corrected chi connectivity index (χ1v) is 20.0. The lowest BCUT2D eigenvalue weighted by atomic mass is 9.33. The summed E-state index contributed by atoms with van der Waals surface area (Å²) in [6, 6.07) is 1.65. The van der Waals surface area contributed by atoms with Crippen LogP contribution in [0.3, 0.4) is 0 Å². The average molecular weight is 815 g/mol. The van der Waals surface area contributed by atoms with Gasteiger partial charge in [-0.25, -0.2) is 4.79 Å². The van der Waals surface area contributed by atoms with Crippen LogP contribution in [0.5, 0.6) is 0 Å². The van der Waals surface area contributed by atoms with E-state index in [9.17, 15) is 28.8 Å². The molecule has 5 heterocycles. The monoisotopic (exact) mass is 814 g/mol. The fourth-order valence-corrected chi connectivity index (χ4v) is 13.7. The van der Waals surface area contributed by atoms with Crippen LogP contribution in [-0.4, -0.2) is 102 Å². The van der Waals surface area contributed by atoms with E-state index in [1.54, 1.807) is 33.8 Å². The molecule has 0 aromatic carbocycles. The molecule has 316 valence electrons. The maximum Gasteiger partial charge on any atom is 0.341 e. The highest BCUT2D eigenvalue weighted by Gasteiger charge is 3.06. The topological polar surface area (TPSA) is 211 Å². The Bertz CT molecular complexity index is 2020. The number of carbonyl (C=O) groups is 6. The summed E-state index contributed by atoms with van der Waals surface area (Å²) in [7, 11) is 1.23. The van der Waals surface area contributed by atoms with E-state index in [4.69, 9.17) is 51.8 Å². The average Bonchev–Trinajstić information content (AvgIpc) is 3.49. The van der Waals surface area contributed by atoms with Gasteiger partial charge in [0.05, 0.1) is 37.6 Å². The Hall–Kier alpha value is -4.06. The van der Waals surface area contributed by atoms with Crippen molar-refractivity contribution in [1.82, 2.24) is 0 Å².